The van der Waals surface area contributed by atoms with Gasteiger partial charge in [-0.3, -0.25) is 10.1 Å². The van der Waals surface area contributed by atoms with Crippen LogP contribution in [0.15, 0.2) is 42.6 Å². The predicted octanol–water partition coefficient (Wildman–Crippen LogP) is 3.14. The standard InChI is InChI=1S/C15H17N3O3/c1-2-21-11-13-7-5-12(6-8-13)10-17-15-14(18(19)20)4-3-9-16-15/h3-9H,2,10-11H2,1H3,(H,16,17). The molecule has 0 spiro atoms. The minimum atomic E-state index is -0.444. The van der Waals surface area contributed by atoms with Crippen LogP contribution in [-0.4, -0.2) is 16.5 Å². The number of pyridine rings is 1. The normalized spacial score (nSPS) is 10.3. The van der Waals surface area contributed by atoms with Crippen LogP contribution in [0.1, 0.15) is 18.1 Å². The lowest BCUT2D eigenvalue weighted by Gasteiger charge is -2.07. The second-order valence-electron chi connectivity index (χ2n) is 4.44. The fraction of sp³-hybridized carbons (Fsp3) is 0.267. The molecule has 0 saturated carbocycles. The Morgan fingerprint density at radius 1 is 1.24 bits per heavy atom. The van der Waals surface area contributed by atoms with Gasteiger partial charge in [0, 0.05) is 25.4 Å². The summed E-state index contributed by atoms with van der Waals surface area (Å²) in [7, 11) is 0. The maximum atomic E-state index is 10.9. The second kappa shape index (κ2) is 7.35. The van der Waals surface area contributed by atoms with Crippen molar-refractivity contribution < 1.29 is 9.66 Å². The van der Waals surface area contributed by atoms with Crippen molar-refractivity contribution in [3.8, 4) is 0 Å². The van der Waals surface area contributed by atoms with Crippen LogP contribution in [0.3, 0.4) is 0 Å². The molecule has 0 unspecified atom stereocenters. The molecule has 0 aliphatic rings. The molecule has 0 amide bonds. The lowest BCUT2D eigenvalue weighted by molar-refractivity contribution is -0.384. The van der Waals surface area contributed by atoms with Crippen LogP contribution >= 0.6 is 0 Å². The van der Waals surface area contributed by atoms with Crippen molar-refractivity contribution >= 4 is 11.5 Å². The van der Waals surface area contributed by atoms with Crippen LogP contribution in [0.25, 0.3) is 0 Å². The Labute approximate surface area is 122 Å². The Hall–Kier alpha value is -2.47. The van der Waals surface area contributed by atoms with Crippen LogP contribution in [0.2, 0.25) is 0 Å². The number of ether oxygens (including phenoxy) is 1. The first-order valence-electron chi connectivity index (χ1n) is 6.69. The van der Waals surface area contributed by atoms with Crippen molar-refractivity contribution in [1.29, 1.82) is 0 Å². The summed E-state index contributed by atoms with van der Waals surface area (Å²) in [5.41, 5.74) is 2.10. The summed E-state index contributed by atoms with van der Waals surface area (Å²) in [4.78, 5) is 14.4. The lowest BCUT2D eigenvalue weighted by Crippen LogP contribution is -2.04. The molecule has 1 heterocycles. The monoisotopic (exact) mass is 287 g/mol. The number of hydrogen-bond donors (Lipinski definition) is 1. The summed E-state index contributed by atoms with van der Waals surface area (Å²) in [6.07, 6.45) is 1.53. The predicted molar refractivity (Wildman–Crippen MR) is 80.0 cm³/mol. The highest BCUT2D eigenvalue weighted by Crippen LogP contribution is 2.20. The van der Waals surface area contributed by atoms with E-state index in [1.54, 1.807) is 6.07 Å². The van der Waals surface area contributed by atoms with Gasteiger partial charge in [-0.25, -0.2) is 4.98 Å². The first kappa shape index (κ1) is 14.9. The third kappa shape index (κ3) is 4.25. The van der Waals surface area contributed by atoms with Crippen LogP contribution in [0, 0.1) is 10.1 Å². The molecule has 110 valence electrons. The summed E-state index contributed by atoms with van der Waals surface area (Å²) < 4.78 is 5.33. The van der Waals surface area contributed by atoms with Crippen LogP contribution in [-0.2, 0) is 17.9 Å². The van der Waals surface area contributed by atoms with E-state index in [1.165, 1.54) is 12.3 Å². The van der Waals surface area contributed by atoms with Gasteiger partial charge in [0.2, 0.25) is 5.82 Å². The van der Waals surface area contributed by atoms with Gasteiger partial charge in [-0.05, 0) is 24.1 Å². The Bertz CT molecular complexity index is 599. The molecule has 0 bridgehead atoms. The molecular formula is C15H17N3O3. The van der Waals surface area contributed by atoms with Crippen molar-refractivity contribution in [2.45, 2.75) is 20.1 Å². The molecule has 21 heavy (non-hydrogen) atoms. The average molecular weight is 287 g/mol. The molecule has 0 fully saturated rings. The van der Waals surface area contributed by atoms with Gasteiger partial charge in [-0.15, -0.1) is 0 Å². The number of benzene rings is 1. The molecule has 0 aliphatic carbocycles. The zero-order chi connectivity index (χ0) is 15.1. The summed E-state index contributed by atoms with van der Waals surface area (Å²) >= 11 is 0. The van der Waals surface area contributed by atoms with E-state index in [0.29, 0.717) is 19.8 Å². The Balaban J connectivity index is 1.98. The topological polar surface area (TPSA) is 77.3 Å². The second-order valence-corrected chi connectivity index (χ2v) is 4.44. The van der Waals surface area contributed by atoms with Crippen LogP contribution in [0.4, 0.5) is 11.5 Å². The molecule has 1 aromatic carbocycles. The maximum absolute atomic E-state index is 10.9. The quantitative estimate of drug-likeness (QED) is 0.625. The highest BCUT2D eigenvalue weighted by Gasteiger charge is 2.13. The van der Waals surface area contributed by atoms with Crippen molar-refractivity contribution in [3.63, 3.8) is 0 Å². The van der Waals surface area contributed by atoms with Crippen molar-refractivity contribution in [1.82, 2.24) is 4.98 Å². The first-order valence-corrected chi connectivity index (χ1v) is 6.69. The summed E-state index contributed by atoms with van der Waals surface area (Å²) in [5.74, 6) is 0.279. The largest absolute Gasteiger partial charge is 0.377 e. The molecule has 6 heteroatoms. The van der Waals surface area contributed by atoms with Gasteiger partial charge in [0.1, 0.15) is 0 Å². The number of anilines is 1. The molecule has 0 radical (unpaired) electrons. The van der Waals surface area contributed by atoms with E-state index >= 15 is 0 Å². The maximum Gasteiger partial charge on any atom is 0.311 e. The molecule has 1 aromatic heterocycles. The fourth-order valence-corrected chi connectivity index (χ4v) is 1.84. The van der Waals surface area contributed by atoms with E-state index in [2.05, 4.69) is 10.3 Å². The molecule has 0 atom stereocenters. The zero-order valence-electron chi connectivity index (χ0n) is 11.8. The number of nitrogens with zero attached hydrogens (tertiary/aromatic N) is 2. The number of rotatable bonds is 7. The van der Waals surface area contributed by atoms with Gasteiger partial charge in [0.05, 0.1) is 11.5 Å². The highest BCUT2D eigenvalue weighted by atomic mass is 16.6. The SMILES string of the molecule is CCOCc1ccc(CNc2ncccc2[N+](=O)[O-])cc1. The first-order chi connectivity index (χ1) is 10.2. The molecule has 6 nitrogen and oxygen atoms in total. The molecule has 0 saturated heterocycles. The number of nitro groups is 1. The Morgan fingerprint density at radius 3 is 2.62 bits per heavy atom. The van der Waals surface area contributed by atoms with E-state index in [1.807, 2.05) is 31.2 Å². The van der Waals surface area contributed by atoms with Gasteiger partial charge in [-0.2, -0.15) is 0 Å². The average Bonchev–Trinajstić information content (AvgIpc) is 2.52. The van der Waals surface area contributed by atoms with Gasteiger partial charge in [-0.1, -0.05) is 24.3 Å². The summed E-state index contributed by atoms with van der Waals surface area (Å²) in [5, 5.41) is 13.9. The summed E-state index contributed by atoms with van der Waals surface area (Å²) in [6.45, 7) is 3.72. The molecular weight excluding hydrogens is 270 g/mol. The molecule has 1 N–H and O–H groups in total. The van der Waals surface area contributed by atoms with E-state index in [4.69, 9.17) is 4.74 Å². The van der Waals surface area contributed by atoms with Gasteiger partial charge >= 0.3 is 5.69 Å². The third-order valence-electron chi connectivity index (χ3n) is 2.94. The molecule has 0 aliphatic heterocycles. The minimum Gasteiger partial charge on any atom is -0.377 e. The van der Waals surface area contributed by atoms with Crippen LogP contribution in [0.5, 0.6) is 0 Å². The van der Waals surface area contributed by atoms with Crippen LogP contribution < -0.4 is 5.32 Å². The number of hydrogen-bond acceptors (Lipinski definition) is 5. The highest BCUT2D eigenvalue weighted by molar-refractivity contribution is 5.55. The Kier molecular flexibility index (Phi) is 5.22. The van der Waals surface area contributed by atoms with Gasteiger partial charge in [0.25, 0.3) is 0 Å². The fourth-order valence-electron chi connectivity index (χ4n) is 1.84. The van der Waals surface area contributed by atoms with Crippen molar-refractivity contribution in [2.75, 3.05) is 11.9 Å². The molecule has 2 rings (SSSR count). The van der Waals surface area contributed by atoms with E-state index in [9.17, 15) is 10.1 Å². The lowest BCUT2D eigenvalue weighted by atomic mass is 10.1. The Morgan fingerprint density at radius 2 is 1.95 bits per heavy atom. The zero-order valence-corrected chi connectivity index (χ0v) is 11.8. The number of nitrogens with one attached hydrogen (secondary N) is 1. The van der Waals surface area contributed by atoms with Crippen molar-refractivity contribution in [3.05, 3.63) is 63.8 Å². The third-order valence-corrected chi connectivity index (χ3v) is 2.94. The summed E-state index contributed by atoms with van der Waals surface area (Å²) in [6, 6.07) is 10.9. The van der Waals surface area contributed by atoms with E-state index < -0.39 is 4.92 Å². The van der Waals surface area contributed by atoms with E-state index in [0.717, 1.165) is 11.1 Å². The van der Waals surface area contributed by atoms with E-state index in [-0.39, 0.29) is 11.5 Å². The molecule has 2 aromatic rings. The minimum absolute atomic E-state index is 0.0227. The number of aromatic nitrogens is 1. The van der Waals surface area contributed by atoms with Gasteiger partial charge in [0.15, 0.2) is 0 Å². The van der Waals surface area contributed by atoms with Crippen molar-refractivity contribution in [2.24, 2.45) is 0 Å². The smallest absolute Gasteiger partial charge is 0.311 e. The van der Waals surface area contributed by atoms with Gasteiger partial charge < -0.3 is 10.1 Å².